The Balaban J connectivity index is 2.01. The van der Waals surface area contributed by atoms with Crippen LogP contribution in [-0.2, 0) is 21.2 Å². The molecule has 2 aromatic rings. The molecule has 9 heteroatoms. The van der Waals surface area contributed by atoms with E-state index in [9.17, 15) is 13.2 Å². The van der Waals surface area contributed by atoms with Crippen LogP contribution in [0.2, 0.25) is 0 Å². The molecule has 0 unspecified atom stereocenters. The van der Waals surface area contributed by atoms with E-state index in [0.717, 1.165) is 26.4 Å². The van der Waals surface area contributed by atoms with E-state index in [1.807, 2.05) is 20.1 Å². The number of aromatic nitrogens is 2. The number of nitrogens with zero attached hydrogens (tertiary/aromatic N) is 3. The van der Waals surface area contributed by atoms with Gasteiger partial charge in [0.15, 0.2) is 5.16 Å². The van der Waals surface area contributed by atoms with E-state index in [-0.39, 0.29) is 10.8 Å². The zero-order valence-electron chi connectivity index (χ0n) is 16.1. The Morgan fingerprint density at radius 1 is 1.11 bits per heavy atom. The Labute approximate surface area is 164 Å². The number of nitrogens with one attached hydrogen (secondary N) is 1. The molecule has 1 aromatic heterocycles. The smallest absolute Gasteiger partial charge is 0.242 e. The number of benzene rings is 1. The van der Waals surface area contributed by atoms with Crippen molar-refractivity contribution >= 4 is 33.4 Å². The molecular formula is C18H24N4O3S2. The van der Waals surface area contributed by atoms with Crippen molar-refractivity contribution in [1.82, 2.24) is 14.3 Å². The molecule has 146 valence electrons. The Morgan fingerprint density at radius 3 is 2.15 bits per heavy atom. The molecule has 1 aromatic carbocycles. The first-order valence-electron chi connectivity index (χ1n) is 8.35. The standard InChI is InChI=1S/C18H24N4O3S2/c1-12-16(13(2)20-18(19-12)26-5)10-11-17(23)21-14-6-8-15(9-7-14)27(24,25)22(3)4/h6-9H,10-11H2,1-5H3,(H,21,23). The average Bonchev–Trinajstić information content (AvgIpc) is 2.61. The van der Waals surface area contributed by atoms with Gasteiger partial charge in [0.2, 0.25) is 15.9 Å². The van der Waals surface area contributed by atoms with Gasteiger partial charge in [0.1, 0.15) is 0 Å². The average molecular weight is 409 g/mol. The van der Waals surface area contributed by atoms with E-state index in [4.69, 9.17) is 0 Å². The van der Waals surface area contributed by atoms with E-state index < -0.39 is 10.0 Å². The number of amides is 1. The number of anilines is 1. The number of hydrogen-bond acceptors (Lipinski definition) is 6. The highest BCUT2D eigenvalue weighted by Crippen LogP contribution is 2.19. The number of sulfonamides is 1. The monoisotopic (exact) mass is 408 g/mol. The van der Waals surface area contributed by atoms with E-state index in [2.05, 4.69) is 15.3 Å². The molecule has 0 saturated heterocycles. The van der Waals surface area contributed by atoms with Crippen LogP contribution >= 0.6 is 11.8 Å². The third-order valence-electron chi connectivity index (χ3n) is 4.10. The fourth-order valence-electron chi connectivity index (χ4n) is 2.54. The molecule has 0 saturated carbocycles. The van der Waals surface area contributed by atoms with Crippen LogP contribution in [0.4, 0.5) is 5.69 Å². The highest BCUT2D eigenvalue weighted by molar-refractivity contribution is 7.98. The third kappa shape index (κ3) is 5.27. The minimum Gasteiger partial charge on any atom is -0.326 e. The normalized spacial score (nSPS) is 11.6. The van der Waals surface area contributed by atoms with Crippen LogP contribution in [0.5, 0.6) is 0 Å². The number of hydrogen-bond donors (Lipinski definition) is 1. The summed E-state index contributed by atoms with van der Waals surface area (Å²) < 4.78 is 25.3. The van der Waals surface area contributed by atoms with Crippen LogP contribution < -0.4 is 5.32 Å². The second-order valence-corrected chi connectivity index (χ2v) is 9.14. The lowest BCUT2D eigenvalue weighted by molar-refractivity contribution is -0.116. The summed E-state index contributed by atoms with van der Waals surface area (Å²) >= 11 is 1.49. The Bertz CT molecular complexity index is 903. The lowest BCUT2D eigenvalue weighted by atomic mass is 10.1. The molecule has 0 aliphatic carbocycles. The van der Waals surface area contributed by atoms with Crippen molar-refractivity contribution in [3.8, 4) is 0 Å². The highest BCUT2D eigenvalue weighted by atomic mass is 32.2. The van der Waals surface area contributed by atoms with Gasteiger partial charge in [-0.15, -0.1) is 0 Å². The molecule has 0 atom stereocenters. The largest absolute Gasteiger partial charge is 0.326 e. The number of carbonyl (C=O) groups is 1. The van der Waals surface area contributed by atoms with Gasteiger partial charge in [-0.2, -0.15) is 0 Å². The van der Waals surface area contributed by atoms with Crippen LogP contribution in [0, 0.1) is 13.8 Å². The fourth-order valence-corrected chi connectivity index (χ4v) is 3.90. The van der Waals surface area contributed by atoms with Gasteiger partial charge in [-0.3, -0.25) is 4.79 Å². The molecule has 7 nitrogen and oxygen atoms in total. The number of carbonyl (C=O) groups excluding carboxylic acids is 1. The molecule has 1 N–H and O–H groups in total. The van der Waals surface area contributed by atoms with Gasteiger partial charge in [0.05, 0.1) is 4.90 Å². The molecule has 0 radical (unpaired) electrons. The van der Waals surface area contributed by atoms with Crippen LogP contribution in [0.25, 0.3) is 0 Å². The molecule has 1 amide bonds. The predicted octanol–water partition coefficient (Wildman–Crippen LogP) is 2.64. The molecule has 0 bridgehead atoms. The molecule has 0 aliphatic rings. The van der Waals surface area contributed by atoms with E-state index in [0.29, 0.717) is 18.5 Å². The van der Waals surface area contributed by atoms with E-state index in [1.165, 1.54) is 38.0 Å². The summed E-state index contributed by atoms with van der Waals surface area (Å²) in [7, 11) is -0.525. The van der Waals surface area contributed by atoms with Gasteiger partial charge < -0.3 is 5.32 Å². The zero-order chi connectivity index (χ0) is 20.2. The Kier molecular flexibility index (Phi) is 6.96. The SMILES string of the molecule is CSc1nc(C)c(CCC(=O)Nc2ccc(S(=O)(=O)N(C)C)cc2)c(C)n1. The molecule has 2 rings (SSSR count). The van der Waals surface area contributed by atoms with Crippen molar-refractivity contribution in [3.05, 3.63) is 41.2 Å². The maximum Gasteiger partial charge on any atom is 0.242 e. The molecule has 27 heavy (non-hydrogen) atoms. The van der Waals surface area contributed by atoms with Crippen LogP contribution in [0.3, 0.4) is 0 Å². The molecule has 0 aliphatic heterocycles. The minimum atomic E-state index is -3.48. The van der Waals surface area contributed by atoms with Gasteiger partial charge in [0.25, 0.3) is 0 Å². The first-order valence-corrected chi connectivity index (χ1v) is 11.0. The minimum absolute atomic E-state index is 0.147. The number of rotatable bonds is 7. The second kappa shape index (κ2) is 8.81. The van der Waals surface area contributed by atoms with Crippen molar-refractivity contribution in [3.63, 3.8) is 0 Å². The van der Waals surface area contributed by atoms with Gasteiger partial charge in [-0.25, -0.2) is 22.7 Å². The summed E-state index contributed by atoms with van der Waals surface area (Å²) in [5, 5.41) is 3.52. The predicted molar refractivity (Wildman–Crippen MR) is 108 cm³/mol. The fraction of sp³-hybridized carbons (Fsp3) is 0.389. The third-order valence-corrected chi connectivity index (χ3v) is 6.48. The first kappa shape index (κ1) is 21.3. The summed E-state index contributed by atoms with van der Waals surface area (Å²) in [4.78, 5) is 21.3. The number of aryl methyl sites for hydroxylation is 2. The lowest BCUT2D eigenvalue weighted by Gasteiger charge is -2.12. The molecular weight excluding hydrogens is 384 g/mol. The summed E-state index contributed by atoms with van der Waals surface area (Å²) in [6.45, 7) is 3.84. The summed E-state index contributed by atoms with van der Waals surface area (Å²) in [6.07, 6.45) is 2.77. The summed E-state index contributed by atoms with van der Waals surface area (Å²) in [5.41, 5.74) is 3.31. The van der Waals surface area contributed by atoms with Gasteiger partial charge in [-0.05, 0) is 56.4 Å². The zero-order valence-corrected chi connectivity index (χ0v) is 17.7. The Morgan fingerprint density at radius 2 is 1.67 bits per heavy atom. The van der Waals surface area contributed by atoms with Gasteiger partial charge >= 0.3 is 0 Å². The first-order chi connectivity index (χ1) is 12.6. The van der Waals surface area contributed by atoms with Gasteiger partial charge in [-0.1, -0.05) is 11.8 Å². The quantitative estimate of drug-likeness (QED) is 0.559. The van der Waals surface area contributed by atoms with Gasteiger partial charge in [0, 0.05) is 37.6 Å². The van der Waals surface area contributed by atoms with Crippen molar-refractivity contribution in [2.24, 2.45) is 0 Å². The van der Waals surface area contributed by atoms with Crippen molar-refractivity contribution in [2.45, 2.75) is 36.7 Å². The lowest BCUT2D eigenvalue weighted by Crippen LogP contribution is -2.22. The number of thioether (sulfide) groups is 1. The van der Waals surface area contributed by atoms with Crippen molar-refractivity contribution in [1.29, 1.82) is 0 Å². The van der Waals surface area contributed by atoms with E-state index in [1.54, 1.807) is 12.1 Å². The van der Waals surface area contributed by atoms with Crippen LogP contribution in [-0.4, -0.2) is 48.9 Å². The Hall–Kier alpha value is -1.97. The summed E-state index contributed by atoms with van der Waals surface area (Å²) in [5.74, 6) is -0.147. The topological polar surface area (TPSA) is 92.3 Å². The maximum absolute atomic E-state index is 12.2. The maximum atomic E-state index is 12.2. The van der Waals surface area contributed by atoms with Crippen LogP contribution in [0.15, 0.2) is 34.3 Å². The molecule has 1 heterocycles. The van der Waals surface area contributed by atoms with E-state index >= 15 is 0 Å². The molecule has 0 spiro atoms. The van der Waals surface area contributed by atoms with Crippen LogP contribution in [0.1, 0.15) is 23.4 Å². The highest BCUT2D eigenvalue weighted by Gasteiger charge is 2.17. The summed E-state index contributed by atoms with van der Waals surface area (Å²) in [6, 6.07) is 6.13. The second-order valence-electron chi connectivity index (χ2n) is 6.22. The van der Waals surface area contributed by atoms with Crippen molar-refractivity contribution < 1.29 is 13.2 Å². The molecule has 0 fully saturated rings. The van der Waals surface area contributed by atoms with Crippen molar-refractivity contribution in [2.75, 3.05) is 25.7 Å².